The molecule has 4 rings (SSSR count). The highest BCUT2D eigenvalue weighted by atomic mass is 79.9. The van der Waals surface area contributed by atoms with E-state index in [9.17, 15) is 24.0 Å². The molecule has 0 saturated heterocycles. The second kappa shape index (κ2) is 15.3. The topological polar surface area (TPSA) is 216 Å². The lowest BCUT2D eigenvalue weighted by Crippen LogP contribution is -2.32. The fourth-order valence-electron chi connectivity index (χ4n) is 4.77. The SMILES string of the molecule is C=C(Br)C(=O)Nc1cc(C(=O)Nc2cc(C(=O)Nc3cc(C(=O)Nc4cc(C(=O)NCC(C)N=CNN)n(C)c4)n(C)c3)n(C)c2)n(C)c1. The number of hydrogen-bond acceptors (Lipinski definition) is 7. The number of halogens is 1. The number of aliphatic imine (C=N–C) groups is 1. The van der Waals surface area contributed by atoms with E-state index in [1.54, 1.807) is 77.3 Å². The second-order valence-corrected chi connectivity index (χ2v) is 12.1. The molecule has 4 aromatic heterocycles. The third-order valence-corrected chi connectivity index (χ3v) is 7.55. The highest BCUT2D eigenvalue weighted by molar-refractivity contribution is 9.12. The number of hydrazine groups is 1. The summed E-state index contributed by atoms with van der Waals surface area (Å²) in [6, 6.07) is 5.89. The molecule has 258 valence electrons. The summed E-state index contributed by atoms with van der Waals surface area (Å²) >= 11 is 3.01. The Hall–Kier alpha value is -5.88. The van der Waals surface area contributed by atoms with Gasteiger partial charge >= 0.3 is 0 Å². The molecule has 4 heterocycles. The van der Waals surface area contributed by atoms with Crippen LogP contribution >= 0.6 is 15.9 Å². The predicted molar refractivity (Wildman–Crippen MR) is 190 cm³/mol. The fraction of sp³-hybridized carbons (Fsp3) is 0.226. The zero-order valence-electron chi connectivity index (χ0n) is 27.4. The van der Waals surface area contributed by atoms with Crippen molar-refractivity contribution in [3.8, 4) is 0 Å². The summed E-state index contributed by atoms with van der Waals surface area (Å²) in [5, 5.41) is 13.7. The molecule has 1 atom stereocenters. The molecule has 0 aliphatic rings. The van der Waals surface area contributed by atoms with Crippen LogP contribution in [-0.4, -0.2) is 66.7 Å². The van der Waals surface area contributed by atoms with Crippen molar-refractivity contribution >= 4 is 74.6 Å². The minimum Gasteiger partial charge on any atom is -0.349 e. The molecule has 0 aromatic carbocycles. The van der Waals surface area contributed by atoms with Gasteiger partial charge in [-0.15, -0.1) is 0 Å². The van der Waals surface area contributed by atoms with Crippen LogP contribution in [0.1, 0.15) is 48.9 Å². The molecule has 0 saturated carbocycles. The summed E-state index contributed by atoms with van der Waals surface area (Å²) in [7, 11) is 6.65. The van der Waals surface area contributed by atoms with Crippen LogP contribution in [0.15, 0.2) is 65.1 Å². The number of aryl methyl sites for hydroxylation is 4. The Morgan fingerprint density at radius 1 is 0.714 bits per heavy atom. The summed E-state index contributed by atoms with van der Waals surface area (Å²) in [6.45, 7) is 5.62. The molecule has 0 aliphatic carbocycles. The maximum atomic E-state index is 13.2. The molecule has 5 amide bonds. The van der Waals surface area contributed by atoms with Crippen LogP contribution in [0.5, 0.6) is 0 Å². The Morgan fingerprint density at radius 2 is 1.06 bits per heavy atom. The van der Waals surface area contributed by atoms with E-state index in [1.807, 2.05) is 6.92 Å². The van der Waals surface area contributed by atoms with Crippen LogP contribution in [0.4, 0.5) is 22.7 Å². The van der Waals surface area contributed by atoms with E-state index >= 15 is 0 Å². The smallest absolute Gasteiger partial charge is 0.272 e. The largest absolute Gasteiger partial charge is 0.349 e. The first-order valence-electron chi connectivity index (χ1n) is 14.7. The van der Waals surface area contributed by atoms with Gasteiger partial charge in [-0.05, 0) is 47.1 Å². The van der Waals surface area contributed by atoms with Crippen LogP contribution < -0.4 is 37.9 Å². The molecule has 0 bridgehead atoms. The number of anilines is 4. The number of nitrogens with one attached hydrogen (secondary N) is 6. The molecule has 0 radical (unpaired) electrons. The third-order valence-electron chi connectivity index (χ3n) is 7.19. The van der Waals surface area contributed by atoms with Gasteiger partial charge in [0.15, 0.2) is 0 Å². The second-order valence-electron chi connectivity index (χ2n) is 11.1. The molecule has 4 aromatic rings. The molecule has 0 aliphatic heterocycles. The molecule has 1 unspecified atom stereocenters. The van der Waals surface area contributed by atoms with Gasteiger partial charge in [0.1, 0.15) is 22.8 Å². The molecule has 0 fully saturated rings. The normalized spacial score (nSPS) is 11.6. The Kier molecular flexibility index (Phi) is 11.3. The van der Waals surface area contributed by atoms with Gasteiger partial charge < -0.3 is 50.3 Å². The van der Waals surface area contributed by atoms with Crippen molar-refractivity contribution < 1.29 is 24.0 Å². The quantitative estimate of drug-likeness (QED) is 0.0357. The zero-order valence-corrected chi connectivity index (χ0v) is 29.0. The molecule has 49 heavy (non-hydrogen) atoms. The average molecular weight is 738 g/mol. The first kappa shape index (κ1) is 36.0. The van der Waals surface area contributed by atoms with Crippen molar-refractivity contribution in [1.82, 2.24) is 29.0 Å². The molecular formula is C31H37BrN12O5. The van der Waals surface area contributed by atoms with Crippen LogP contribution in [0.25, 0.3) is 0 Å². The van der Waals surface area contributed by atoms with Crippen molar-refractivity contribution in [3.63, 3.8) is 0 Å². The van der Waals surface area contributed by atoms with Gasteiger partial charge in [0, 0.05) is 59.5 Å². The van der Waals surface area contributed by atoms with Crippen molar-refractivity contribution in [2.45, 2.75) is 13.0 Å². The van der Waals surface area contributed by atoms with Crippen molar-refractivity contribution in [1.29, 1.82) is 0 Å². The number of nitrogens with zero attached hydrogens (tertiary/aromatic N) is 5. The number of carbonyl (C=O) groups excluding carboxylic acids is 5. The lowest BCUT2D eigenvalue weighted by atomic mass is 10.3. The van der Waals surface area contributed by atoms with Gasteiger partial charge in [-0.25, -0.2) is 5.84 Å². The summed E-state index contributed by atoms with van der Waals surface area (Å²) in [6.07, 6.45) is 7.70. The number of carbonyl (C=O) groups is 5. The van der Waals surface area contributed by atoms with E-state index in [2.05, 4.69) is 59.5 Å². The van der Waals surface area contributed by atoms with Gasteiger partial charge in [0.25, 0.3) is 29.5 Å². The van der Waals surface area contributed by atoms with Crippen LogP contribution in [-0.2, 0) is 33.0 Å². The van der Waals surface area contributed by atoms with E-state index < -0.39 is 23.6 Å². The maximum absolute atomic E-state index is 13.2. The number of nitrogens with two attached hydrogens (primary N) is 1. The van der Waals surface area contributed by atoms with E-state index in [4.69, 9.17) is 5.84 Å². The number of rotatable bonds is 13. The molecular weight excluding hydrogens is 700 g/mol. The highest BCUT2D eigenvalue weighted by Gasteiger charge is 2.20. The molecule has 8 N–H and O–H groups in total. The van der Waals surface area contributed by atoms with Gasteiger partial charge in [0.2, 0.25) is 0 Å². The molecule has 18 heteroatoms. The Morgan fingerprint density at radius 3 is 1.41 bits per heavy atom. The Labute approximate surface area is 289 Å². The predicted octanol–water partition coefficient (Wildman–Crippen LogP) is 2.25. The van der Waals surface area contributed by atoms with Crippen LogP contribution in [0, 0.1) is 0 Å². The van der Waals surface area contributed by atoms with E-state index in [-0.39, 0.29) is 40.1 Å². The third kappa shape index (κ3) is 8.93. The fourth-order valence-corrected chi connectivity index (χ4v) is 4.87. The van der Waals surface area contributed by atoms with Crippen LogP contribution in [0.3, 0.4) is 0 Å². The summed E-state index contributed by atoms with van der Waals surface area (Å²) in [4.78, 5) is 68.0. The number of aromatic nitrogens is 4. The molecule has 0 spiro atoms. The zero-order chi connectivity index (χ0) is 36.0. The first-order chi connectivity index (χ1) is 23.2. The minimum absolute atomic E-state index is 0.145. The minimum atomic E-state index is -0.475. The van der Waals surface area contributed by atoms with Gasteiger partial charge in [-0.1, -0.05) is 6.58 Å². The Bertz CT molecular complexity index is 1960. The van der Waals surface area contributed by atoms with Crippen LogP contribution in [0.2, 0.25) is 0 Å². The van der Waals surface area contributed by atoms with Gasteiger partial charge in [-0.2, -0.15) is 0 Å². The monoisotopic (exact) mass is 736 g/mol. The lowest BCUT2D eigenvalue weighted by molar-refractivity contribution is -0.112. The lowest BCUT2D eigenvalue weighted by Gasteiger charge is -2.08. The van der Waals surface area contributed by atoms with Gasteiger partial charge in [-0.3, -0.25) is 29.0 Å². The maximum Gasteiger partial charge on any atom is 0.272 e. The van der Waals surface area contributed by atoms with E-state index in [0.29, 0.717) is 28.4 Å². The average Bonchev–Trinajstić information content (AvgIpc) is 3.79. The van der Waals surface area contributed by atoms with Crippen molar-refractivity contribution in [2.75, 3.05) is 27.8 Å². The number of amides is 5. The highest BCUT2D eigenvalue weighted by Crippen LogP contribution is 2.21. The van der Waals surface area contributed by atoms with Crippen molar-refractivity contribution in [3.05, 3.63) is 82.9 Å². The standard InChI is InChI=1S/C31H37BrN12O5/c1-17(35-16-36-33)11-34-28(46)23-7-20(13-41(23)3)38-30(48)25-9-22(15-43(25)5)40-31(49)26-10-21(14-44(26)6)39-29(47)24-8-19(12-42(24)4)37-27(45)18(2)32/h7-10,12-17H,2,11,33H2,1,3-6H3,(H,34,46)(H,35,36)(H,37,45)(H,38,48)(H,39,47)(H,40,49). The number of hydrogen-bond donors (Lipinski definition) is 7. The Balaban J connectivity index is 1.37. The summed E-state index contributed by atoms with van der Waals surface area (Å²) in [5.74, 6) is 3.00. The molecule has 17 nitrogen and oxygen atoms in total. The van der Waals surface area contributed by atoms with E-state index in [0.717, 1.165) is 0 Å². The summed E-state index contributed by atoms with van der Waals surface area (Å²) in [5.41, 5.74) is 4.96. The summed E-state index contributed by atoms with van der Waals surface area (Å²) < 4.78 is 6.39. The van der Waals surface area contributed by atoms with E-state index in [1.165, 1.54) is 24.5 Å². The van der Waals surface area contributed by atoms with Gasteiger partial charge in [0.05, 0.1) is 39.6 Å². The first-order valence-corrected chi connectivity index (χ1v) is 15.5. The van der Waals surface area contributed by atoms with Crippen molar-refractivity contribution in [2.24, 2.45) is 39.0 Å².